The Morgan fingerprint density at radius 3 is 2.52 bits per heavy atom. The lowest BCUT2D eigenvalue weighted by atomic mass is 9.98. The largest absolute Gasteiger partial charge is 0.493 e. The molecule has 2 aromatic carbocycles. The van der Waals surface area contributed by atoms with E-state index in [1.807, 2.05) is 18.2 Å². The molecule has 5 heteroatoms. The predicted molar refractivity (Wildman–Crippen MR) is 79.3 cm³/mol. The molecule has 1 aliphatic rings. The molecule has 0 bridgehead atoms. The van der Waals surface area contributed by atoms with Crippen LogP contribution >= 0.6 is 0 Å². The van der Waals surface area contributed by atoms with Gasteiger partial charge in [-0.3, -0.25) is 0 Å². The zero-order chi connectivity index (χ0) is 15.0. The van der Waals surface area contributed by atoms with E-state index in [1.165, 1.54) is 12.1 Å². The molecule has 0 radical (unpaired) electrons. The molecule has 1 aliphatic heterocycles. The van der Waals surface area contributed by atoms with Crippen LogP contribution in [0, 0.1) is 0 Å². The van der Waals surface area contributed by atoms with E-state index in [2.05, 4.69) is 0 Å². The molecule has 0 spiro atoms. The fourth-order valence-electron chi connectivity index (χ4n) is 2.53. The number of aliphatic hydroxyl groups excluding tert-OH is 1. The molecule has 110 valence electrons. The molecule has 2 aromatic rings. The number of aliphatic hydroxyl groups is 1. The first-order valence-electron chi connectivity index (χ1n) is 6.69. The summed E-state index contributed by atoms with van der Waals surface area (Å²) >= 11 is 0. The van der Waals surface area contributed by atoms with Crippen LogP contribution in [-0.4, -0.2) is 26.4 Å². The third-order valence-electron chi connectivity index (χ3n) is 3.66. The van der Waals surface area contributed by atoms with Crippen LogP contribution in [0.2, 0.25) is 0 Å². The van der Waals surface area contributed by atoms with Gasteiger partial charge in [-0.05, 0) is 23.3 Å². The molecule has 1 N–H and O–H groups in total. The Hall–Kier alpha value is -1.85. The fourth-order valence-corrected chi connectivity index (χ4v) is 3.16. The van der Waals surface area contributed by atoms with Crippen LogP contribution in [0.3, 0.4) is 0 Å². The van der Waals surface area contributed by atoms with Gasteiger partial charge in [0.15, 0.2) is 9.84 Å². The molecule has 1 heterocycles. The Morgan fingerprint density at radius 1 is 1.14 bits per heavy atom. The Kier molecular flexibility index (Phi) is 3.47. The molecule has 3 rings (SSSR count). The van der Waals surface area contributed by atoms with Crippen LogP contribution in [0.4, 0.5) is 0 Å². The molecule has 4 nitrogen and oxygen atoms in total. The fraction of sp³-hybridized carbons (Fsp3) is 0.250. The first-order valence-corrected chi connectivity index (χ1v) is 8.58. The molecule has 1 unspecified atom stereocenters. The minimum Gasteiger partial charge on any atom is -0.493 e. The van der Waals surface area contributed by atoms with Crippen molar-refractivity contribution in [1.82, 2.24) is 0 Å². The molecular weight excluding hydrogens is 288 g/mol. The summed E-state index contributed by atoms with van der Waals surface area (Å²) in [5, 5.41) is 10.5. The Labute approximate surface area is 123 Å². The summed E-state index contributed by atoms with van der Waals surface area (Å²) in [5.74, 6) is 0.747. The highest BCUT2D eigenvalue weighted by molar-refractivity contribution is 7.90. The standard InChI is InChI=1S/C16H16O4S/c1-21(18,19)13-7-5-11(6-8-13)15(17)14-4-2-3-12-9-10-20-16(12)14/h2-8,15,17H,9-10H2,1H3. The number of para-hydroxylation sites is 1. The smallest absolute Gasteiger partial charge is 0.175 e. The summed E-state index contributed by atoms with van der Waals surface area (Å²) in [5.41, 5.74) is 2.46. The maximum Gasteiger partial charge on any atom is 0.175 e. The zero-order valence-corrected chi connectivity index (χ0v) is 12.4. The van der Waals surface area contributed by atoms with Gasteiger partial charge in [0, 0.05) is 18.2 Å². The molecular formula is C16H16O4S. The third kappa shape index (κ3) is 2.66. The van der Waals surface area contributed by atoms with Gasteiger partial charge in [-0.2, -0.15) is 0 Å². The van der Waals surface area contributed by atoms with E-state index in [1.54, 1.807) is 12.1 Å². The lowest BCUT2D eigenvalue weighted by Crippen LogP contribution is -2.03. The maximum absolute atomic E-state index is 11.5. The Morgan fingerprint density at radius 2 is 1.86 bits per heavy atom. The third-order valence-corrected chi connectivity index (χ3v) is 4.79. The maximum atomic E-state index is 11.5. The van der Waals surface area contributed by atoms with Gasteiger partial charge >= 0.3 is 0 Å². The van der Waals surface area contributed by atoms with E-state index in [-0.39, 0.29) is 4.90 Å². The highest BCUT2D eigenvalue weighted by Gasteiger charge is 2.22. The lowest BCUT2D eigenvalue weighted by Gasteiger charge is -2.15. The Bertz CT molecular complexity index is 763. The summed E-state index contributed by atoms with van der Waals surface area (Å²) in [6.45, 7) is 0.631. The number of sulfone groups is 1. The van der Waals surface area contributed by atoms with Crippen LogP contribution in [0.25, 0.3) is 0 Å². The van der Waals surface area contributed by atoms with Crippen molar-refractivity contribution < 1.29 is 18.3 Å². The van der Waals surface area contributed by atoms with Crippen molar-refractivity contribution in [2.24, 2.45) is 0 Å². The van der Waals surface area contributed by atoms with Gasteiger partial charge in [0.25, 0.3) is 0 Å². The monoisotopic (exact) mass is 304 g/mol. The second-order valence-electron chi connectivity index (χ2n) is 5.18. The molecule has 0 saturated carbocycles. The highest BCUT2D eigenvalue weighted by atomic mass is 32.2. The number of benzene rings is 2. The van der Waals surface area contributed by atoms with Gasteiger partial charge in [-0.15, -0.1) is 0 Å². The summed E-state index contributed by atoms with van der Waals surface area (Å²) < 4.78 is 28.5. The summed E-state index contributed by atoms with van der Waals surface area (Å²) in [7, 11) is -3.23. The number of hydrogen-bond donors (Lipinski definition) is 1. The number of rotatable bonds is 3. The molecule has 0 fully saturated rings. The Balaban J connectivity index is 1.96. The summed E-state index contributed by atoms with van der Waals surface area (Å²) in [6.07, 6.45) is 1.19. The van der Waals surface area contributed by atoms with Crippen molar-refractivity contribution >= 4 is 9.84 Å². The minimum atomic E-state index is -3.23. The first-order chi connectivity index (χ1) is 9.97. The lowest BCUT2D eigenvalue weighted by molar-refractivity contribution is 0.213. The van der Waals surface area contributed by atoms with Crippen molar-refractivity contribution in [3.8, 4) is 5.75 Å². The van der Waals surface area contributed by atoms with E-state index in [4.69, 9.17) is 4.74 Å². The molecule has 21 heavy (non-hydrogen) atoms. The topological polar surface area (TPSA) is 63.6 Å². The van der Waals surface area contributed by atoms with Gasteiger partial charge in [0.2, 0.25) is 0 Å². The SMILES string of the molecule is CS(=O)(=O)c1ccc(C(O)c2cccc3c2OCC3)cc1. The van der Waals surface area contributed by atoms with Crippen LogP contribution in [0.1, 0.15) is 22.8 Å². The van der Waals surface area contributed by atoms with Gasteiger partial charge in [0.1, 0.15) is 11.9 Å². The van der Waals surface area contributed by atoms with Crippen molar-refractivity contribution in [1.29, 1.82) is 0 Å². The van der Waals surface area contributed by atoms with E-state index >= 15 is 0 Å². The molecule has 0 amide bonds. The van der Waals surface area contributed by atoms with Crippen LogP contribution < -0.4 is 4.74 Å². The van der Waals surface area contributed by atoms with Crippen molar-refractivity contribution in [2.75, 3.05) is 12.9 Å². The summed E-state index contributed by atoms with van der Waals surface area (Å²) in [4.78, 5) is 0.244. The average molecular weight is 304 g/mol. The van der Waals surface area contributed by atoms with Crippen molar-refractivity contribution in [3.05, 3.63) is 59.2 Å². The van der Waals surface area contributed by atoms with E-state index < -0.39 is 15.9 Å². The van der Waals surface area contributed by atoms with E-state index in [0.717, 1.165) is 29.6 Å². The molecule has 0 aliphatic carbocycles. The van der Waals surface area contributed by atoms with Gasteiger partial charge in [-0.25, -0.2) is 8.42 Å². The van der Waals surface area contributed by atoms with Gasteiger partial charge in [-0.1, -0.05) is 30.3 Å². The van der Waals surface area contributed by atoms with Gasteiger partial charge < -0.3 is 9.84 Å². The quantitative estimate of drug-likeness (QED) is 0.943. The minimum absolute atomic E-state index is 0.244. The van der Waals surface area contributed by atoms with E-state index in [9.17, 15) is 13.5 Å². The second-order valence-corrected chi connectivity index (χ2v) is 7.19. The van der Waals surface area contributed by atoms with Crippen molar-refractivity contribution in [3.63, 3.8) is 0 Å². The van der Waals surface area contributed by atoms with E-state index in [0.29, 0.717) is 12.2 Å². The number of hydrogen-bond acceptors (Lipinski definition) is 4. The van der Waals surface area contributed by atoms with Crippen LogP contribution in [0.15, 0.2) is 47.4 Å². The highest BCUT2D eigenvalue weighted by Crippen LogP contribution is 2.36. The normalized spacial score (nSPS) is 15.3. The zero-order valence-electron chi connectivity index (χ0n) is 11.6. The predicted octanol–water partition coefficient (Wildman–Crippen LogP) is 2.11. The average Bonchev–Trinajstić information content (AvgIpc) is 2.94. The van der Waals surface area contributed by atoms with Crippen LogP contribution in [-0.2, 0) is 16.3 Å². The molecule has 0 aromatic heterocycles. The summed E-state index contributed by atoms with van der Waals surface area (Å²) in [6, 6.07) is 12.0. The first kappa shape index (κ1) is 14.1. The number of fused-ring (bicyclic) bond motifs is 1. The number of ether oxygens (including phenoxy) is 1. The second kappa shape index (κ2) is 5.16. The van der Waals surface area contributed by atoms with Gasteiger partial charge in [0.05, 0.1) is 11.5 Å². The molecule has 0 saturated heterocycles. The van der Waals surface area contributed by atoms with Crippen molar-refractivity contribution in [2.45, 2.75) is 17.4 Å². The van der Waals surface area contributed by atoms with Crippen LogP contribution in [0.5, 0.6) is 5.75 Å². The molecule has 1 atom stereocenters.